The fourth-order valence-corrected chi connectivity index (χ4v) is 3.64. The number of benzene rings is 1. The van der Waals surface area contributed by atoms with Crippen LogP contribution < -0.4 is 37.2 Å². The van der Waals surface area contributed by atoms with Crippen molar-refractivity contribution in [1.29, 1.82) is 0 Å². The first-order chi connectivity index (χ1) is 8.32. The van der Waals surface area contributed by atoms with Crippen LogP contribution in [-0.2, 0) is 27.1 Å². The zero-order chi connectivity index (χ0) is 13.4. The van der Waals surface area contributed by atoms with Gasteiger partial charge >= 0.3 is 21.7 Å². The van der Waals surface area contributed by atoms with Gasteiger partial charge in [0, 0.05) is 8.07 Å². The maximum absolute atomic E-state index is 3.71. The molecule has 0 bridgehead atoms. The molecular weight excluding hydrogens is 386 g/mol. The summed E-state index contributed by atoms with van der Waals surface area (Å²) in [4.78, 5) is 0. The zero-order valence-electron chi connectivity index (χ0n) is 13.8. The average molecular weight is 410 g/mol. The normalized spacial score (nSPS) is 13.5. The molecule has 0 fully saturated rings. The molecule has 120 valence electrons. The third kappa shape index (κ3) is 6.19. The molecule has 0 aromatic heterocycles. The monoisotopic (exact) mass is 408 g/mol. The molecule has 0 atom stereocenters. The maximum Gasteiger partial charge on any atom is 4.00 e. The number of rotatable bonds is 3. The van der Waals surface area contributed by atoms with Gasteiger partial charge < -0.3 is 37.2 Å². The Labute approximate surface area is 170 Å². The molecule has 1 aliphatic carbocycles. The van der Waals surface area contributed by atoms with Gasteiger partial charge in [-0.15, -0.1) is 0 Å². The first-order valence-corrected chi connectivity index (χ1v) is 10.2. The molecule has 2 rings (SSSR count). The summed E-state index contributed by atoms with van der Waals surface area (Å²) in [6.07, 6.45) is 7.18. The molecule has 0 N–H and O–H groups in total. The predicted octanol–water partition coefficient (Wildman–Crippen LogP) is -4.09. The van der Waals surface area contributed by atoms with Gasteiger partial charge in [-0.05, 0) is 11.0 Å². The number of allylic oxidation sites excluding steroid dienone is 4. The van der Waals surface area contributed by atoms with E-state index in [0.717, 1.165) is 6.42 Å². The Kier molecular flexibility index (Phi) is 12.9. The molecule has 1 aromatic carbocycles. The van der Waals surface area contributed by atoms with Crippen molar-refractivity contribution in [3.8, 4) is 0 Å². The van der Waals surface area contributed by atoms with Crippen LogP contribution in [0.25, 0.3) is 0 Å². The second-order valence-electron chi connectivity index (χ2n) is 6.67. The minimum atomic E-state index is -1.22. The molecule has 0 amide bonds. The van der Waals surface area contributed by atoms with Crippen molar-refractivity contribution in [3.63, 3.8) is 0 Å². The van der Waals surface area contributed by atoms with Crippen LogP contribution in [0.15, 0.2) is 47.2 Å². The Morgan fingerprint density at radius 1 is 0.955 bits per heavy atom. The van der Waals surface area contributed by atoms with Crippen molar-refractivity contribution in [3.05, 3.63) is 58.8 Å². The molecule has 0 saturated carbocycles. The summed E-state index contributed by atoms with van der Waals surface area (Å²) < 4.78 is 0. The Hall–Kier alpha value is 0.501. The summed E-state index contributed by atoms with van der Waals surface area (Å²) in [6, 6.07) is 10.8. The molecule has 5 heteroatoms. The fourth-order valence-electron chi connectivity index (χ4n) is 2.40. The fraction of sp³-hybridized carbons (Fsp3) is 0.412. The Bertz CT molecular complexity index is 502. The van der Waals surface area contributed by atoms with E-state index in [1.54, 1.807) is 0 Å². The predicted molar refractivity (Wildman–Crippen MR) is 82.3 cm³/mol. The molecule has 0 spiro atoms. The molecule has 0 heterocycles. The maximum atomic E-state index is 3.71. The van der Waals surface area contributed by atoms with Crippen LogP contribution in [-0.4, -0.2) is 8.07 Å². The molecule has 0 saturated heterocycles. The average Bonchev–Trinajstić information content (AvgIpc) is 2.79. The summed E-state index contributed by atoms with van der Waals surface area (Å²) in [5.41, 5.74) is 2.92. The van der Waals surface area contributed by atoms with Crippen molar-refractivity contribution < 1.29 is 58.9 Å². The topological polar surface area (TPSA) is 0 Å². The van der Waals surface area contributed by atoms with Crippen LogP contribution >= 0.6 is 0 Å². The number of hydrogen-bond acceptors (Lipinski definition) is 0. The Balaban J connectivity index is -0.000000902. The molecule has 1 aliphatic rings. The summed E-state index contributed by atoms with van der Waals surface area (Å²) in [6.45, 7) is 11.8. The van der Waals surface area contributed by atoms with Crippen molar-refractivity contribution in [1.82, 2.24) is 0 Å². The van der Waals surface area contributed by atoms with E-state index in [2.05, 4.69) is 76.0 Å². The standard InChI is InChI=1S/C17H23Si.3ClH.Ti/c1-17(2,14-9-7-6-8-10-14)15-11-12-16(13-15)18(3,4)5;;;;/h6-10,12H,11H2,1-5H3;3*1H;/q-1;;;;+4/p-3. The molecule has 1 aromatic rings. The second kappa shape index (κ2) is 10.4. The van der Waals surface area contributed by atoms with E-state index in [-0.39, 0.29) is 64.4 Å². The van der Waals surface area contributed by atoms with Crippen LogP contribution in [0.2, 0.25) is 19.6 Å². The van der Waals surface area contributed by atoms with Crippen LogP contribution in [0.5, 0.6) is 0 Å². The zero-order valence-corrected chi connectivity index (χ0v) is 18.6. The summed E-state index contributed by atoms with van der Waals surface area (Å²) in [5.74, 6) is 0. The van der Waals surface area contributed by atoms with Gasteiger partial charge in [0.15, 0.2) is 0 Å². The number of hydrogen-bond donors (Lipinski definition) is 0. The van der Waals surface area contributed by atoms with Gasteiger partial charge in [0.2, 0.25) is 0 Å². The molecular formula is C17H23Cl3SiTi. The van der Waals surface area contributed by atoms with Gasteiger partial charge in [-0.2, -0.15) is 5.57 Å². The number of halogens is 3. The van der Waals surface area contributed by atoms with E-state index in [0.29, 0.717) is 0 Å². The molecule has 0 radical (unpaired) electrons. The van der Waals surface area contributed by atoms with Gasteiger partial charge in [-0.3, -0.25) is 6.08 Å². The molecule has 0 nitrogen and oxygen atoms in total. The minimum absolute atomic E-state index is 0. The van der Waals surface area contributed by atoms with Crippen molar-refractivity contribution in [2.45, 2.75) is 45.3 Å². The first-order valence-electron chi connectivity index (χ1n) is 6.71. The van der Waals surface area contributed by atoms with Gasteiger partial charge in [0.05, 0.1) is 0 Å². The minimum Gasteiger partial charge on any atom is -1.00 e. The molecule has 22 heavy (non-hydrogen) atoms. The van der Waals surface area contributed by atoms with Gasteiger partial charge in [-0.1, -0.05) is 70.2 Å². The van der Waals surface area contributed by atoms with E-state index in [1.165, 1.54) is 16.3 Å². The summed E-state index contributed by atoms with van der Waals surface area (Å²) >= 11 is 0. The second-order valence-corrected chi connectivity index (χ2v) is 11.7. The van der Waals surface area contributed by atoms with Crippen LogP contribution in [0.4, 0.5) is 0 Å². The van der Waals surface area contributed by atoms with E-state index in [9.17, 15) is 0 Å². The van der Waals surface area contributed by atoms with Crippen LogP contribution in [0, 0.1) is 6.08 Å². The Morgan fingerprint density at radius 3 is 1.86 bits per heavy atom. The van der Waals surface area contributed by atoms with E-state index >= 15 is 0 Å². The molecule has 0 aliphatic heterocycles. The Morgan fingerprint density at radius 2 is 1.45 bits per heavy atom. The quantitative estimate of drug-likeness (QED) is 0.352. The van der Waals surface area contributed by atoms with Gasteiger partial charge in [-0.25, -0.2) is 11.3 Å². The van der Waals surface area contributed by atoms with E-state index < -0.39 is 8.07 Å². The van der Waals surface area contributed by atoms with Gasteiger partial charge in [0.1, 0.15) is 0 Å². The summed E-state index contributed by atoms with van der Waals surface area (Å²) in [7, 11) is -1.22. The van der Waals surface area contributed by atoms with Crippen molar-refractivity contribution >= 4 is 8.07 Å². The SMILES string of the molecule is CC(C)(C1=[C-]C([Si](C)(C)C)=CC1)c1ccccc1.[Cl-].[Cl-].[Cl-].[Ti+4]. The first kappa shape index (κ1) is 27.4. The van der Waals surface area contributed by atoms with Crippen molar-refractivity contribution in [2.75, 3.05) is 0 Å². The smallest absolute Gasteiger partial charge is 1.00 e. The van der Waals surface area contributed by atoms with Crippen LogP contribution in [0.1, 0.15) is 25.8 Å². The third-order valence-corrected chi connectivity index (χ3v) is 5.80. The summed E-state index contributed by atoms with van der Waals surface area (Å²) in [5, 5.41) is 1.49. The third-order valence-electron chi connectivity index (χ3n) is 3.85. The van der Waals surface area contributed by atoms with E-state index in [1.807, 2.05) is 0 Å². The van der Waals surface area contributed by atoms with Gasteiger partial charge in [0.25, 0.3) is 0 Å². The van der Waals surface area contributed by atoms with Crippen molar-refractivity contribution in [2.24, 2.45) is 0 Å². The van der Waals surface area contributed by atoms with E-state index in [4.69, 9.17) is 0 Å². The van der Waals surface area contributed by atoms with Crippen LogP contribution in [0.3, 0.4) is 0 Å². The molecule has 0 unspecified atom stereocenters. The largest absolute Gasteiger partial charge is 4.00 e.